The Labute approximate surface area is 112 Å². The topological polar surface area (TPSA) is 83.5 Å². The molecular weight excluding hydrogens is 229 g/mol. The number of amides is 1. The van der Waals surface area contributed by atoms with Gasteiger partial charge in [-0.15, -0.1) is 0 Å². The molecule has 5 nitrogen and oxygen atoms in total. The molecule has 0 unspecified atom stereocenters. The second-order valence-electron chi connectivity index (χ2n) is 3.81. The minimum absolute atomic E-state index is 0. The van der Waals surface area contributed by atoms with E-state index in [1.54, 1.807) is 13.8 Å². The van der Waals surface area contributed by atoms with Crippen LogP contribution in [0.3, 0.4) is 0 Å². The molecule has 0 aromatic heterocycles. The average Bonchev–Trinajstić information content (AvgIpc) is 1.96. The number of carbonyl (C=O) groups excluding carboxylic acids is 1. The van der Waals surface area contributed by atoms with Crippen LogP contribution in [0.2, 0.25) is 0 Å². The van der Waals surface area contributed by atoms with Crippen LogP contribution in [0.4, 0.5) is 0 Å². The molecule has 0 fully saturated rings. The molecule has 0 spiro atoms. The van der Waals surface area contributed by atoms with Crippen LogP contribution in [-0.4, -0.2) is 60.7 Å². The fourth-order valence-electron chi connectivity index (χ4n) is 0.943. The second-order valence-corrected chi connectivity index (χ2v) is 5.26. The molecule has 0 saturated carbocycles. The van der Waals surface area contributed by atoms with Gasteiger partial charge >= 0.3 is 29.6 Å². The molecular formula is C8H16NNaO4S. The van der Waals surface area contributed by atoms with Crippen LogP contribution in [0, 0.1) is 5.41 Å². The van der Waals surface area contributed by atoms with Crippen LogP contribution in [-0.2, 0) is 14.9 Å². The van der Waals surface area contributed by atoms with Gasteiger partial charge in [-0.3, -0.25) is 9.35 Å². The predicted molar refractivity (Wildman–Crippen MR) is 60.6 cm³/mol. The van der Waals surface area contributed by atoms with E-state index in [0.29, 0.717) is 0 Å². The Morgan fingerprint density at radius 1 is 1.53 bits per heavy atom. The van der Waals surface area contributed by atoms with E-state index in [0.717, 1.165) is 6.08 Å². The third kappa shape index (κ3) is 10.4. The van der Waals surface area contributed by atoms with Crippen LogP contribution < -0.4 is 5.32 Å². The Bertz CT molecular complexity index is 324. The molecule has 0 saturated heterocycles. The van der Waals surface area contributed by atoms with Crippen molar-refractivity contribution in [2.45, 2.75) is 13.8 Å². The monoisotopic (exact) mass is 245 g/mol. The van der Waals surface area contributed by atoms with E-state index < -0.39 is 21.3 Å². The van der Waals surface area contributed by atoms with E-state index in [1.807, 2.05) is 0 Å². The maximum absolute atomic E-state index is 10.8. The molecule has 0 aromatic rings. The summed E-state index contributed by atoms with van der Waals surface area (Å²) in [4.78, 5) is 10.8. The summed E-state index contributed by atoms with van der Waals surface area (Å²) < 4.78 is 29.8. The van der Waals surface area contributed by atoms with Gasteiger partial charge in [0.1, 0.15) is 0 Å². The molecule has 1 amide bonds. The molecule has 7 heteroatoms. The number of hydrogen-bond acceptors (Lipinski definition) is 3. The van der Waals surface area contributed by atoms with E-state index >= 15 is 0 Å². The van der Waals surface area contributed by atoms with Crippen molar-refractivity contribution in [3.8, 4) is 0 Å². The Balaban J connectivity index is 0. The molecule has 0 aliphatic heterocycles. The van der Waals surface area contributed by atoms with Crippen molar-refractivity contribution in [3.05, 3.63) is 12.7 Å². The molecule has 2 N–H and O–H groups in total. The van der Waals surface area contributed by atoms with Crippen molar-refractivity contribution < 1.29 is 17.8 Å². The first kappa shape index (κ1) is 17.5. The molecule has 15 heavy (non-hydrogen) atoms. The maximum atomic E-state index is 10.8. The molecule has 0 aliphatic rings. The second kappa shape index (κ2) is 6.65. The molecule has 0 radical (unpaired) electrons. The van der Waals surface area contributed by atoms with E-state index in [-0.39, 0.29) is 42.0 Å². The summed E-state index contributed by atoms with van der Waals surface area (Å²) in [6, 6.07) is 0. The quantitative estimate of drug-likeness (QED) is 0.390. The summed E-state index contributed by atoms with van der Waals surface area (Å²) >= 11 is 0. The fraction of sp³-hybridized carbons (Fsp3) is 0.625. The van der Waals surface area contributed by atoms with Gasteiger partial charge in [-0.25, -0.2) is 0 Å². The number of nitrogens with one attached hydrogen (secondary N) is 1. The van der Waals surface area contributed by atoms with Crippen molar-refractivity contribution in [3.63, 3.8) is 0 Å². The summed E-state index contributed by atoms with van der Waals surface area (Å²) in [6.07, 6.45) is 1.10. The Morgan fingerprint density at radius 3 is 2.33 bits per heavy atom. The van der Waals surface area contributed by atoms with Crippen molar-refractivity contribution in [2.75, 3.05) is 12.3 Å². The summed E-state index contributed by atoms with van der Waals surface area (Å²) in [5.74, 6) is -0.759. The van der Waals surface area contributed by atoms with Crippen LogP contribution in [0.5, 0.6) is 0 Å². The molecule has 0 heterocycles. The first-order chi connectivity index (χ1) is 6.16. The number of carbonyl (C=O) groups is 1. The van der Waals surface area contributed by atoms with Crippen LogP contribution in [0.1, 0.15) is 13.8 Å². The summed E-state index contributed by atoms with van der Waals surface area (Å²) in [5.41, 5.74) is -0.702. The standard InChI is InChI=1S/C8H15NO4S.Na.H/c1-4-7(10)9-5-8(2,3)6-14(11,12)13;;/h4H,1,5-6H2,2-3H3,(H,9,10)(H,11,12,13);;. The summed E-state index contributed by atoms with van der Waals surface area (Å²) in [6.45, 7) is 6.68. The van der Waals surface area contributed by atoms with Gasteiger partial charge in [-0.2, -0.15) is 8.42 Å². The van der Waals surface area contributed by atoms with Crippen molar-refractivity contribution >= 4 is 45.6 Å². The average molecular weight is 245 g/mol. The van der Waals surface area contributed by atoms with Gasteiger partial charge in [-0.05, 0) is 11.5 Å². The molecule has 0 aromatic carbocycles. The zero-order valence-electron chi connectivity index (χ0n) is 8.28. The fourth-order valence-corrected chi connectivity index (χ4v) is 2.03. The first-order valence-corrected chi connectivity index (χ1v) is 5.63. The summed E-state index contributed by atoms with van der Waals surface area (Å²) in [5, 5.41) is 2.46. The third-order valence-electron chi connectivity index (χ3n) is 1.50. The van der Waals surface area contributed by atoms with Gasteiger partial charge in [0.05, 0.1) is 5.75 Å². The van der Waals surface area contributed by atoms with Gasteiger partial charge < -0.3 is 5.32 Å². The van der Waals surface area contributed by atoms with E-state index in [9.17, 15) is 13.2 Å². The number of hydrogen-bond donors (Lipinski definition) is 2. The van der Waals surface area contributed by atoms with Crippen molar-refractivity contribution in [1.82, 2.24) is 5.32 Å². The molecule has 0 aliphatic carbocycles. The summed E-state index contributed by atoms with van der Waals surface area (Å²) in [7, 11) is -4.01. The molecule has 0 bridgehead atoms. The predicted octanol–water partition coefficient (Wildman–Crippen LogP) is -0.446. The minimum atomic E-state index is -4.01. The van der Waals surface area contributed by atoms with E-state index in [2.05, 4.69) is 11.9 Å². The van der Waals surface area contributed by atoms with Gasteiger partial charge in [0, 0.05) is 6.54 Å². The third-order valence-corrected chi connectivity index (χ3v) is 2.65. The Kier molecular flexibility index (Phi) is 7.76. The van der Waals surface area contributed by atoms with Crippen LogP contribution in [0.25, 0.3) is 0 Å². The van der Waals surface area contributed by atoms with Gasteiger partial charge in [0.15, 0.2) is 0 Å². The zero-order valence-corrected chi connectivity index (χ0v) is 9.10. The van der Waals surface area contributed by atoms with E-state index in [1.165, 1.54) is 0 Å². The number of rotatable bonds is 5. The van der Waals surface area contributed by atoms with Gasteiger partial charge in [-0.1, -0.05) is 20.4 Å². The molecule has 84 valence electrons. The van der Waals surface area contributed by atoms with Gasteiger partial charge in [0.2, 0.25) is 5.91 Å². The van der Waals surface area contributed by atoms with Crippen molar-refractivity contribution in [2.24, 2.45) is 5.41 Å². The molecule has 0 rings (SSSR count). The normalized spacial score (nSPS) is 11.4. The van der Waals surface area contributed by atoms with Crippen LogP contribution in [0.15, 0.2) is 12.7 Å². The van der Waals surface area contributed by atoms with Crippen LogP contribution >= 0.6 is 0 Å². The Hall–Kier alpha value is 0.120. The van der Waals surface area contributed by atoms with Crippen molar-refractivity contribution in [1.29, 1.82) is 0 Å². The Morgan fingerprint density at radius 2 is 2.00 bits per heavy atom. The molecule has 0 atom stereocenters. The van der Waals surface area contributed by atoms with E-state index in [4.69, 9.17) is 4.55 Å². The SMILES string of the molecule is C=CC(=O)NCC(C)(C)CS(=O)(=O)O.[NaH]. The zero-order chi connectivity index (χ0) is 11.4. The first-order valence-electron chi connectivity index (χ1n) is 4.02. The van der Waals surface area contributed by atoms with Gasteiger partial charge in [0.25, 0.3) is 10.1 Å².